The number of ether oxygens (including phenoxy) is 2. The highest BCUT2D eigenvalue weighted by molar-refractivity contribution is 5.65. The minimum absolute atomic E-state index is 0.105. The largest absolute Gasteiger partial charge is 0.491 e. The normalized spacial score (nSPS) is 10.6. The predicted octanol–water partition coefficient (Wildman–Crippen LogP) is 6.39. The van der Waals surface area contributed by atoms with Crippen molar-refractivity contribution >= 4 is 6.08 Å². The van der Waals surface area contributed by atoms with E-state index in [9.17, 15) is 13.2 Å². The summed E-state index contributed by atoms with van der Waals surface area (Å²) in [7, 11) is 0. The fourth-order valence-electron chi connectivity index (χ4n) is 2.73. The zero-order valence-corrected chi connectivity index (χ0v) is 15.3. The van der Waals surface area contributed by atoms with E-state index in [1.165, 1.54) is 24.3 Å². The molecule has 0 saturated carbocycles. The number of benzene rings is 3. The lowest BCUT2D eigenvalue weighted by molar-refractivity contribution is 0.297. The molecule has 0 atom stereocenters. The van der Waals surface area contributed by atoms with Crippen LogP contribution in [0.15, 0.2) is 61.2 Å². The number of hydrogen-bond acceptors (Lipinski definition) is 2. The second kappa shape index (κ2) is 8.65. The summed E-state index contributed by atoms with van der Waals surface area (Å²) in [4.78, 5) is 0. The molecule has 0 bridgehead atoms. The first-order valence-corrected chi connectivity index (χ1v) is 8.78. The molecule has 0 aliphatic heterocycles. The maximum absolute atomic E-state index is 14.0. The highest BCUT2D eigenvalue weighted by Crippen LogP contribution is 2.27. The molecule has 0 aliphatic carbocycles. The van der Waals surface area contributed by atoms with Crippen LogP contribution in [0.4, 0.5) is 13.2 Å². The van der Waals surface area contributed by atoms with Crippen LogP contribution >= 0.6 is 0 Å². The minimum Gasteiger partial charge on any atom is -0.491 e. The lowest BCUT2D eigenvalue weighted by atomic mass is 10.1. The van der Waals surface area contributed by atoms with Gasteiger partial charge in [-0.05, 0) is 42.3 Å². The van der Waals surface area contributed by atoms with E-state index in [-0.39, 0.29) is 23.5 Å². The van der Waals surface area contributed by atoms with Crippen molar-refractivity contribution in [2.24, 2.45) is 0 Å². The van der Waals surface area contributed by atoms with Crippen molar-refractivity contribution in [3.8, 4) is 22.6 Å². The van der Waals surface area contributed by atoms with Gasteiger partial charge in [0.2, 0.25) is 0 Å². The molecule has 0 spiro atoms. The summed E-state index contributed by atoms with van der Waals surface area (Å²) in [6.45, 7) is 5.51. The van der Waals surface area contributed by atoms with E-state index >= 15 is 0 Å². The van der Waals surface area contributed by atoms with Gasteiger partial charge in [-0.15, -0.1) is 0 Å². The first-order valence-electron chi connectivity index (χ1n) is 8.78. The molecule has 0 aromatic heterocycles. The van der Waals surface area contributed by atoms with Gasteiger partial charge in [0.25, 0.3) is 0 Å². The Hall–Kier alpha value is -3.21. The first kappa shape index (κ1) is 19.5. The third-order valence-corrected chi connectivity index (χ3v) is 4.23. The zero-order valence-electron chi connectivity index (χ0n) is 15.3. The van der Waals surface area contributed by atoms with E-state index in [1.807, 2.05) is 0 Å². The highest BCUT2D eigenvalue weighted by Gasteiger charge is 2.12. The predicted molar refractivity (Wildman–Crippen MR) is 104 cm³/mol. The molecule has 0 fully saturated rings. The second-order valence-electron chi connectivity index (χ2n) is 6.04. The van der Waals surface area contributed by atoms with Crippen molar-refractivity contribution in [3.63, 3.8) is 0 Å². The molecular formula is C23H19F3O2. The van der Waals surface area contributed by atoms with Gasteiger partial charge in [0.15, 0.2) is 23.2 Å². The molecule has 3 rings (SSSR count). The van der Waals surface area contributed by atoms with E-state index in [2.05, 4.69) is 6.58 Å². The molecule has 0 amide bonds. The summed E-state index contributed by atoms with van der Waals surface area (Å²) >= 11 is 0. The fourth-order valence-corrected chi connectivity index (χ4v) is 2.73. The summed E-state index contributed by atoms with van der Waals surface area (Å²) < 4.78 is 52.6. The Kier molecular flexibility index (Phi) is 6.04. The first-order chi connectivity index (χ1) is 13.5. The van der Waals surface area contributed by atoms with Gasteiger partial charge in [-0.3, -0.25) is 0 Å². The Balaban J connectivity index is 1.71. The number of rotatable bonds is 7. The third-order valence-electron chi connectivity index (χ3n) is 4.23. The minimum atomic E-state index is -0.945. The summed E-state index contributed by atoms with van der Waals surface area (Å²) in [6.07, 6.45) is 1.26. The average Bonchev–Trinajstić information content (AvgIpc) is 2.71. The molecule has 0 radical (unpaired) electrons. The topological polar surface area (TPSA) is 18.5 Å². The van der Waals surface area contributed by atoms with Crippen LogP contribution in [0.3, 0.4) is 0 Å². The molecular weight excluding hydrogens is 365 g/mol. The van der Waals surface area contributed by atoms with Crippen LogP contribution in [-0.2, 0) is 6.61 Å². The van der Waals surface area contributed by atoms with Crippen molar-refractivity contribution in [2.45, 2.75) is 13.5 Å². The Bertz CT molecular complexity index is 982. The molecule has 5 heteroatoms. The average molecular weight is 384 g/mol. The van der Waals surface area contributed by atoms with Crippen LogP contribution in [0.1, 0.15) is 18.1 Å². The van der Waals surface area contributed by atoms with Gasteiger partial charge in [0.05, 0.1) is 6.61 Å². The number of hydrogen-bond donors (Lipinski definition) is 0. The molecule has 144 valence electrons. The maximum Gasteiger partial charge on any atom is 0.166 e. The van der Waals surface area contributed by atoms with E-state index in [0.717, 1.165) is 5.56 Å². The number of halogens is 3. The van der Waals surface area contributed by atoms with E-state index < -0.39 is 17.5 Å². The van der Waals surface area contributed by atoms with Crippen LogP contribution < -0.4 is 9.47 Å². The smallest absolute Gasteiger partial charge is 0.166 e. The van der Waals surface area contributed by atoms with E-state index in [4.69, 9.17) is 9.47 Å². The Morgan fingerprint density at radius 1 is 0.857 bits per heavy atom. The summed E-state index contributed by atoms with van der Waals surface area (Å²) in [5.74, 6) is -1.62. The standard InChI is InChI=1S/C23H19F3O2/c1-3-15-5-6-18(23(26)22(15)25)14-28-19-10-7-16(8-11-19)17-9-12-21(27-4-2)20(24)13-17/h3,5-13H,1,4,14H2,2H3. The third kappa shape index (κ3) is 4.19. The quantitative estimate of drug-likeness (QED) is 0.470. The summed E-state index contributed by atoms with van der Waals surface area (Å²) in [5.41, 5.74) is 1.71. The van der Waals surface area contributed by atoms with Gasteiger partial charge in [-0.2, -0.15) is 0 Å². The summed E-state index contributed by atoms with van der Waals surface area (Å²) in [5, 5.41) is 0. The van der Waals surface area contributed by atoms with Crippen molar-refractivity contribution in [1.82, 2.24) is 0 Å². The second-order valence-corrected chi connectivity index (χ2v) is 6.04. The molecule has 0 unspecified atom stereocenters. The molecule has 0 heterocycles. The van der Waals surface area contributed by atoms with Crippen molar-refractivity contribution in [1.29, 1.82) is 0 Å². The lowest BCUT2D eigenvalue weighted by Gasteiger charge is -2.10. The maximum atomic E-state index is 14.0. The summed E-state index contributed by atoms with van der Waals surface area (Å²) in [6, 6.07) is 14.6. The molecule has 28 heavy (non-hydrogen) atoms. The highest BCUT2D eigenvalue weighted by atomic mass is 19.2. The Labute approximate surface area is 161 Å². The SMILES string of the molecule is C=Cc1ccc(COc2ccc(-c3ccc(OCC)c(F)c3)cc2)c(F)c1F. The van der Waals surface area contributed by atoms with Gasteiger partial charge in [-0.25, -0.2) is 13.2 Å². The Morgan fingerprint density at radius 3 is 2.21 bits per heavy atom. The van der Waals surface area contributed by atoms with Crippen molar-refractivity contribution in [3.05, 3.63) is 89.8 Å². The fraction of sp³-hybridized carbons (Fsp3) is 0.130. The van der Waals surface area contributed by atoms with Gasteiger partial charge < -0.3 is 9.47 Å². The molecule has 3 aromatic carbocycles. The van der Waals surface area contributed by atoms with E-state index in [1.54, 1.807) is 43.3 Å². The molecule has 0 saturated heterocycles. The van der Waals surface area contributed by atoms with Crippen LogP contribution in [0.2, 0.25) is 0 Å². The van der Waals surface area contributed by atoms with Gasteiger partial charge in [0.1, 0.15) is 12.4 Å². The van der Waals surface area contributed by atoms with Crippen molar-refractivity contribution in [2.75, 3.05) is 6.61 Å². The van der Waals surface area contributed by atoms with Gasteiger partial charge in [-0.1, -0.05) is 43.0 Å². The molecule has 0 N–H and O–H groups in total. The van der Waals surface area contributed by atoms with Gasteiger partial charge in [0, 0.05) is 11.1 Å². The van der Waals surface area contributed by atoms with E-state index in [0.29, 0.717) is 17.9 Å². The van der Waals surface area contributed by atoms with Crippen LogP contribution in [0, 0.1) is 17.5 Å². The Morgan fingerprint density at radius 2 is 1.57 bits per heavy atom. The van der Waals surface area contributed by atoms with Crippen LogP contribution in [-0.4, -0.2) is 6.61 Å². The lowest BCUT2D eigenvalue weighted by Crippen LogP contribution is -2.02. The monoisotopic (exact) mass is 384 g/mol. The molecule has 3 aromatic rings. The molecule has 0 aliphatic rings. The van der Waals surface area contributed by atoms with Crippen molar-refractivity contribution < 1.29 is 22.6 Å². The van der Waals surface area contributed by atoms with Gasteiger partial charge >= 0.3 is 0 Å². The van der Waals surface area contributed by atoms with Crippen LogP contribution in [0.5, 0.6) is 11.5 Å². The molecule has 2 nitrogen and oxygen atoms in total. The zero-order chi connectivity index (χ0) is 20.1. The van der Waals surface area contributed by atoms with Crippen LogP contribution in [0.25, 0.3) is 17.2 Å².